The van der Waals surface area contributed by atoms with E-state index in [9.17, 15) is 14.3 Å². The molecule has 4 aliphatic rings. The Morgan fingerprint density at radius 3 is 2.59 bits per heavy atom. The van der Waals surface area contributed by atoms with Gasteiger partial charge in [0.25, 0.3) is 0 Å². The lowest BCUT2D eigenvalue weighted by molar-refractivity contribution is -0.145. The Kier molecular flexibility index (Phi) is 12.2. The van der Waals surface area contributed by atoms with Crippen LogP contribution in [0, 0.1) is 12.7 Å². The molecule has 12 nitrogen and oxygen atoms in total. The van der Waals surface area contributed by atoms with Crippen LogP contribution in [0.4, 0.5) is 4.39 Å². The second kappa shape index (κ2) is 18.1. The molecule has 4 bridgehead atoms. The van der Waals surface area contributed by atoms with Gasteiger partial charge in [-0.2, -0.15) is 0 Å². The summed E-state index contributed by atoms with van der Waals surface area (Å²) in [5.74, 6) is -0.226. The number of halogens is 2. The minimum Gasteiger partial charge on any atom is -0.487 e. The fourth-order valence-corrected chi connectivity index (χ4v) is 9.76. The highest BCUT2D eigenvalue weighted by atomic mass is 35.5. The van der Waals surface area contributed by atoms with Crippen molar-refractivity contribution < 1.29 is 28.5 Å². The predicted molar refractivity (Wildman–Crippen MR) is 233 cm³/mol. The summed E-state index contributed by atoms with van der Waals surface area (Å²) >= 11 is 8.77. The molecule has 0 spiro atoms. The maximum Gasteiger partial charge on any atom is 0.345 e. The second-order valence-corrected chi connectivity index (χ2v) is 17.4. The highest BCUT2D eigenvalue weighted by Gasteiger charge is 2.29. The van der Waals surface area contributed by atoms with E-state index in [0.717, 1.165) is 90.4 Å². The van der Waals surface area contributed by atoms with E-state index >= 15 is 0 Å². The summed E-state index contributed by atoms with van der Waals surface area (Å²) < 4.78 is 33.0. The molecule has 10 rings (SSSR count). The standard InChI is InChI=1S/C46H47ClFN7O5S/c1-28-35-11-8-31(41(28)47)25-55(20-19-54-17-15-53(2)16-18-54)24-29-5-12-36(59-26-34-13-14-49-43(52-34)37-4-3-21-58-37)32(22-29)23-38(46(56)57)60-44-40-39(35)42(61-45(40)51-27-50-44)30-6-9-33(48)10-7-30/h5-14,22,27,37-38H,3-4,15-21,23-26H2,1-2H3,(H,56,57)/t37-,38-/m1/s1. The quantitative estimate of drug-likeness (QED) is 0.152. The molecule has 3 aromatic heterocycles. The van der Waals surface area contributed by atoms with Crippen molar-refractivity contribution in [1.82, 2.24) is 34.6 Å². The molecule has 0 amide bonds. The number of aromatic nitrogens is 4. The SMILES string of the molecule is Cc1c2ccc(c1Cl)CN(CCN1CCN(C)CC1)Cc1ccc(OCc3ccnc([C@H]4CCCO4)n3)c(c1)C[C@H](C(=O)O)Oc1ncnc3sc(-c4ccc(F)cc4)c-2c13. The number of thiophene rings is 1. The van der Waals surface area contributed by atoms with Gasteiger partial charge in [-0.05, 0) is 84.5 Å². The molecule has 7 heterocycles. The van der Waals surface area contributed by atoms with Gasteiger partial charge in [0, 0.05) is 87.0 Å². The lowest BCUT2D eigenvalue weighted by Crippen LogP contribution is -2.46. The number of carboxylic acid groups (broad SMARTS) is 1. The summed E-state index contributed by atoms with van der Waals surface area (Å²) in [4.78, 5) is 40.3. The lowest BCUT2D eigenvalue weighted by Gasteiger charge is -2.34. The van der Waals surface area contributed by atoms with Crippen molar-refractivity contribution in [3.8, 4) is 33.2 Å². The molecule has 3 aromatic carbocycles. The zero-order valence-corrected chi connectivity index (χ0v) is 35.7. The van der Waals surface area contributed by atoms with Crippen molar-refractivity contribution in [2.45, 2.75) is 58.1 Å². The summed E-state index contributed by atoms with van der Waals surface area (Å²) in [7, 11) is 2.16. The monoisotopic (exact) mass is 863 g/mol. The number of piperazine rings is 1. The van der Waals surface area contributed by atoms with E-state index in [1.165, 1.54) is 29.8 Å². The minimum absolute atomic E-state index is 0.0147. The van der Waals surface area contributed by atoms with Crippen LogP contribution in [-0.4, -0.2) is 105 Å². The van der Waals surface area contributed by atoms with Crippen molar-refractivity contribution in [1.29, 1.82) is 0 Å². The van der Waals surface area contributed by atoms with Crippen molar-refractivity contribution >= 4 is 39.1 Å². The maximum atomic E-state index is 14.2. The van der Waals surface area contributed by atoms with Gasteiger partial charge in [0.05, 0.1) is 11.1 Å². The molecule has 1 N–H and O–H groups in total. The largest absolute Gasteiger partial charge is 0.487 e. The van der Waals surface area contributed by atoms with Gasteiger partial charge >= 0.3 is 5.97 Å². The van der Waals surface area contributed by atoms with Gasteiger partial charge in [0.15, 0.2) is 5.82 Å². The third-order valence-corrected chi connectivity index (χ3v) is 13.5. The fraction of sp³-hybridized carbons (Fsp3) is 0.370. The van der Waals surface area contributed by atoms with E-state index in [-0.39, 0.29) is 30.8 Å². The first-order valence-electron chi connectivity index (χ1n) is 20.7. The van der Waals surface area contributed by atoms with E-state index in [1.807, 2.05) is 31.2 Å². The summed E-state index contributed by atoms with van der Waals surface area (Å²) in [6.45, 7) is 9.75. The number of rotatable bonds is 9. The number of benzene rings is 3. The van der Waals surface area contributed by atoms with Crippen LogP contribution < -0.4 is 9.47 Å². The van der Waals surface area contributed by atoms with Gasteiger partial charge < -0.3 is 24.2 Å². The number of aliphatic carboxylic acids is 1. The molecule has 0 radical (unpaired) electrons. The molecule has 15 heteroatoms. The van der Waals surface area contributed by atoms with Crippen LogP contribution in [-0.2, 0) is 35.6 Å². The molecular formula is C46H47ClFN7O5S. The van der Waals surface area contributed by atoms with E-state index in [0.29, 0.717) is 57.8 Å². The molecule has 0 saturated carbocycles. The van der Waals surface area contributed by atoms with Crippen LogP contribution in [0.15, 0.2) is 73.2 Å². The summed E-state index contributed by atoms with van der Waals surface area (Å²) in [5.41, 5.74) is 6.55. The first-order chi connectivity index (χ1) is 29.7. The molecule has 6 aromatic rings. The molecule has 0 aliphatic carbocycles. The Hall–Kier alpha value is -5.09. The first kappa shape index (κ1) is 41.3. The van der Waals surface area contributed by atoms with Gasteiger partial charge in [-0.15, -0.1) is 11.3 Å². The highest BCUT2D eigenvalue weighted by Crippen LogP contribution is 2.49. The smallest absolute Gasteiger partial charge is 0.345 e. The van der Waals surface area contributed by atoms with Crippen LogP contribution in [0.3, 0.4) is 0 Å². The first-order valence-corrected chi connectivity index (χ1v) is 21.9. The van der Waals surface area contributed by atoms with Crippen LogP contribution in [0.2, 0.25) is 5.02 Å². The van der Waals surface area contributed by atoms with Gasteiger partial charge in [-0.3, -0.25) is 9.80 Å². The van der Waals surface area contributed by atoms with Crippen LogP contribution in [0.25, 0.3) is 31.8 Å². The Morgan fingerprint density at radius 1 is 0.984 bits per heavy atom. The number of likely N-dealkylation sites (N-methyl/N-ethyl adjacent to an activating group) is 1. The molecule has 2 saturated heterocycles. The third kappa shape index (κ3) is 9.11. The van der Waals surface area contributed by atoms with Gasteiger partial charge in [0.2, 0.25) is 12.0 Å². The highest BCUT2D eigenvalue weighted by molar-refractivity contribution is 7.22. The zero-order valence-electron chi connectivity index (χ0n) is 34.2. The van der Waals surface area contributed by atoms with E-state index in [1.54, 1.807) is 18.3 Å². The molecule has 2 atom stereocenters. The van der Waals surface area contributed by atoms with Gasteiger partial charge in [-0.1, -0.05) is 48.0 Å². The van der Waals surface area contributed by atoms with Crippen molar-refractivity contribution in [2.75, 3.05) is 52.9 Å². The lowest BCUT2D eigenvalue weighted by atomic mass is 9.94. The van der Waals surface area contributed by atoms with Crippen LogP contribution in [0.1, 0.15) is 52.7 Å². The fourth-order valence-electron chi connectivity index (χ4n) is 8.39. The number of carboxylic acids is 1. The molecular weight excluding hydrogens is 817 g/mol. The number of fused-ring (bicyclic) bond motifs is 6. The summed E-state index contributed by atoms with van der Waals surface area (Å²) in [6.07, 6.45) is 3.43. The summed E-state index contributed by atoms with van der Waals surface area (Å²) in [5, 5.41) is 12.0. The number of nitrogens with zero attached hydrogens (tertiary/aromatic N) is 7. The molecule has 61 heavy (non-hydrogen) atoms. The Morgan fingerprint density at radius 2 is 1.80 bits per heavy atom. The van der Waals surface area contributed by atoms with Crippen molar-refractivity contribution in [3.63, 3.8) is 0 Å². The van der Waals surface area contributed by atoms with Gasteiger partial charge in [-0.25, -0.2) is 29.1 Å². The average molecular weight is 864 g/mol. The van der Waals surface area contributed by atoms with Crippen LogP contribution >= 0.6 is 22.9 Å². The number of carbonyl (C=O) groups is 1. The van der Waals surface area contributed by atoms with Crippen LogP contribution in [0.5, 0.6) is 11.6 Å². The minimum atomic E-state index is -1.35. The molecule has 316 valence electrons. The second-order valence-electron chi connectivity index (χ2n) is 16.0. The summed E-state index contributed by atoms with van der Waals surface area (Å²) in [6, 6.07) is 18.2. The van der Waals surface area contributed by atoms with E-state index in [2.05, 4.69) is 48.8 Å². The third-order valence-electron chi connectivity index (χ3n) is 11.8. The topological polar surface area (TPSA) is 126 Å². The molecule has 2 fully saturated rings. The molecule has 0 unspecified atom stereocenters. The number of hydrogen-bond acceptors (Lipinski definition) is 12. The van der Waals surface area contributed by atoms with E-state index < -0.39 is 12.1 Å². The van der Waals surface area contributed by atoms with E-state index in [4.69, 9.17) is 30.8 Å². The van der Waals surface area contributed by atoms with Crippen molar-refractivity contribution in [3.05, 3.63) is 118 Å². The number of ether oxygens (including phenoxy) is 3. The maximum absolute atomic E-state index is 14.2. The Bertz CT molecular complexity index is 2550. The Balaban J connectivity index is 1.14. The number of hydrogen-bond donors (Lipinski definition) is 1. The normalized spacial score (nSPS) is 19.0. The molecule has 4 aliphatic heterocycles. The van der Waals surface area contributed by atoms with Gasteiger partial charge in [0.1, 0.15) is 35.4 Å². The Labute approximate surface area is 362 Å². The zero-order chi connectivity index (χ0) is 42.0. The van der Waals surface area contributed by atoms with Crippen molar-refractivity contribution in [2.24, 2.45) is 0 Å². The average Bonchev–Trinajstić information content (AvgIpc) is 3.95. The predicted octanol–water partition coefficient (Wildman–Crippen LogP) is 7.98.